The molecule has 3 N–H and O–H groups in total. The Labute approximate surface area is 106 Å². The van der Waals surface area contributed by atoms with Gasteiger partial charge in [-0.25, -0.2) is 0 Å². The third-order valence-electron chi connectivity index (χ3n) is 2.58. The maximum absolute atomic E-state index is 11.6. The van der Waals surface area contributed by atoms with E-state index in [0.717, 1.165) is 11.3 Å². The van der Waals surface area contributed by atoms with Crippen LogP contribution in [0.15, 0.2) is 42.7 Å². The van der Waals surface area contributed by atoms with Gasteiger partial charge in [0, 0.05) is 18.1 Å². The predicted octanol–water partition coefficient (Wildman–Crippen LogP) is 1.22. The summed E-state index contributed by atoms with van der Waals surface area (Å²) in [4.78, 5) is 11.6. The number of anilines is 1. The van der Waals surface area contributed by atoms with E-state index >= 15 is 0 Å². The Morgan fingerprint density at radius 1 is 1.44 bits per heavy atom. The molecule has 0 saturated carbocycles. The zero-order chi connectivity index (χ0) is 13.0. The second kappa shape index (κ2) is 5.46. The average molecular weight is 244 g/mol. The van der Waals surface area contributed by atoms with Crippen LogP contribution < -0.4 is 11.1 Å². The number of benzene rings is 1. The molecule has 1 aromatic carbocycles. The lowest BCUT2D eigenvalue weighted by atomic mass is 10.1. The topological polar surface area (TPSA) is 72.9 Å². The summed E-state index contributed by atoms with van der Waals surface area (Å²) in [6.45, 7) is 2.27. The number of nitrogens with two attached hydrogens (primary N) is 1. The van der Waals surface area contributed by atoms with Gasteiger partial charge in [-0.05, 0) is 24.6 Å². The van der Waals surface area contributed by atoms with Crippen LogP contribution in [0.2, 0.25) is 0 Å². The molecular formula is C13H16N4O. The Morgan fingerprint density at radius 3 is 2.89 bits per heavy atom. The quantitative estimate of drug-likeness (QED) is 0.849. The minimum atomic E-state index is -0.525. The van der Waals surface area contributed by atoms with E-state index in [2.05, 4.69) is 10.4 Å². The van der Waals surface area contributed by atoms with Crippen LogP contribution in [0, 0.1) is 0 Å². The smallest absolute Gasteiger partial charge is 0.241 e. The second-order valence-corrected chi connectivity index (χ2v) is 4.14. The molecule has 0 fully saturated rings. The van der Waals surface area contributed by atoms with Gasteiger partial charge < -0.3 is 11.1 Å². The molecule has 18 heavy (non-hydrogen) atoms. The number of aromatic nitrogens is 2. The SMILES string of the molecule is CC(N)C(=O)Nc1ccccc1Cn1cccn1. The monoisotopic (exact) mass is 244 g/mol. The molecule has 0 aliphatic carbocycles. The van der Waals surface area contributed by atoms with E-state index in [-0.39, 0.29) is 5.91 Å². The van der Waals surface area contributed by atoms with Gasteiger partial charge in [0.1, 0.15) is 0 Å². The molecule has 0 bridgehead atoms. The summed E-state index contributed by atoms with van der Waals surface area (Å²) in [6.07, 6.45) is 3.60. The van der Waals surface area contributed by atoms with Crippen molar-refractivity contribution in [2.45, 2.75) is 19.5 Å². The van der Waals surface area contributed by atoms with Crippen molar-refractivity contribution in [3.05, 3.63) is 48.3 Å². The zero-order valence-corrected chi connectivity index (χ0v) is 10.2. The third kappa shape index (κ3) is 2.95. The van der Waals surface area contributed by atoms with Crippen LogP contribution in [0.3, 0.4) is 0 Å². The number of nitrogens with one attached hydrogen (secondary N) is 1. The van der Waals surface area contributed by atoms with Crippen LogP contribution in [0.1, 0.15) is 12.5 Å². The van der Waals surface area contributed by atoms with Crippen LogP contribution in [0.25, 0.3) is 0 Å². The van der Waals surface area contributed by atoms with Gasteiger partial charge in [-0.15, -0.1) is 0 Å². The summed E-state index contributed by atoms with van der Waals surface area (Å²) in [6, 6.07) is 8.97. The van der Waals surface area contributed by atoms with E-state index in [1.54, 1.807) is 17.8 Å². The summed E-state index contributed by atoms with van der Waals surface area (Å²) in [5, 5.41) is 6.96. The van der Waals surface area contributed by atoms with Crippen LogP contribution in [-0.4, -0.2) is 21.7 Å². The van der Waals surface area contributed by atoms with Crippen molar-refractivity contribution in [2.24, 2.45) is 5.73 Å². The molecule has 0 saturated heterocycles. The first-order valence-electron chi connectivity index (χ1n) is 5.78. The van der Waals surface area contributed by atoms with Crippen molar-refractivity contribution >= 4 is 11.6 Å². The van der Waals surface area contributed by atoms with E-state index in [1.165, 1.54) is 0 Å². The third-order valence-corrected chi connectivity index (χ3v) is 2.58. The van der Waals surface area contributed by atoms with Gasteiger partial charge in [-0.3, -0.25) is 9.48 Å². The normalized spacial score (nSPS) is 12.1. The Balaban J connectivity index is 2.18. The number of rotatable bonds is 4. The van der Waals surface area contributed by atoms with Crippen molar-refractivity contribution in [3.8, 4) is 0 Å². The highest BCUT2D eigenvalue weighted by molar-refractivity contribution is 5.95. The largest absolute Gasteiger partial charge is 0.324 e. The molecule has 2 aromatic rings. The summed E-state index contributed by atoms with van der Waals surface area (Å²) < 4.78 is 1.80. The number of para-hydroxylation sites is 1. The summed E-state index contributed by atoms with van der Waals surface area (Å²) >= 11 is 0. The summed E-state index contributed by atoms with van der Waals surface area (Å²) in [5.74, 6) is -0.192. The molecule has 0 aliphatic rings. The molecule has 1 atom stereocenters. The van der Waals surface area contributed by atoms with Crippen molar-refractivity contribution < 1.29 is 4.79 Å². The van der Waals surface area contributed by atoms with E-state index in [0.29, 0.717) is 6.54 Å². The maximum atomic E-state index is 11.6. The van der Waals surface area contributed by atoms with E-state index in [4.69, 9.17) is 5.73 Å². The minimum absolute atomic E-state index is 0.192. The fourth-order valence-corrected chi connectivity index (χ4v) is 1.60. The number of carbonyl (C=O) groups excluding carboxylic acids is 1. The van der Waals surface area contributed by atoms with Gasteiger partial charge in [0.05, 0.1) is 12.6 Å². The van der Waals surface area contributed by atoms with E-state index in [9.17, 15) is 4.79 Å². The zero-order valence-electron chi connectivity index (χ0n) is 10.2. The molecule has 94 valence electrons. The molecule has 1 aromatic heterocycles. The number of carbonyl (C=O) groups is 1. The lowest BCUT2D eigenvalue weighted by molar-refractivity contribution is -0.117. The van der Waals surface area contributed by atoms with Crippen LogP contribution >= 0.6 is 0 Å². The van der Waals surface area contributed by atoms with Gasteiger partial charge in [-0.1, -0.05) is 18.2 Å². The van der Waals surface area contributed by atoms with E-state index < -0.39 is 6.04 Å². The highest BCUT2D eigenvalue weighted by Gasteiger charge is 2.10. The number of nitrogens with zero attached hydrogens (tertiary/aromatic N) is 2. The van der Waals surface area contributed by atoms with Gasteiger partial charge in [0.2, 0.25) is 5.91 Å². The molecule has 2 rings (SSSR count). The van der Waals surface area contributed by atoms with Crippen LogP contribution in [0.4, 0.5) is 5.69 Å². The van der Waals surface area contributed by atoms with Crippen molar-refractivity contribution in [1.29, 1.82) is 0 Å². The van der Waals surface area contributed by atoms with Gasteiger partial charge >= 0.3 is 0 Å². The fourth-order valence-electron chi connectivity index (χ4n) is 1.60. The fraction of sp³-hybridized carbons (Fsp3) is 0.231. The van der Waals surface area contributed by atoms with Crippen molar-refractivity contribution in [3.63, 3.8) is 0 Å². The first kappa shape index (κ1) is 12.3. The molecule has 0 radical (unpaired) electrons. The van der Waals surface area contributed by atoms with Gasteiger partial charge in [-0.2, -0.15) is 5.10 Å². The Hall–Kier alpha value is -2.14. The minimum Gasteiger partial charge on any atom is -0.324 e. The Bertz CT molecular complexity index is 520. The lowest BCUT2D eigenvalue weighted by Gasteiger charge is -2.12. The molecule has 0 spiro atoms. The average Bonchev–Trinajstić information content (AvgIpc) is 2.84. The molecule has 1 unspecified atom stereocenters. The highest BCUT2D eigenvalue weighted by atomic mass is 16.2. The summed E-state index contributed by atoms with van der Waals surface area (Å²) in [7, 11) is 0. The molecule has 1 amide bonds. The lowest BCUT2D eigenvalue weighted by Crippen LogP contribution is -2.32. The van der Waals surface area contributed by atoms with Gasteiger partial charge in [0.25, 0.3) is 0 Å². The molecule has 5 nitrogen and oxygen atoms in total. The van der Waals surface area contributed by atoms with Gasteiger partial charge in [0.15, 0.2) is 0 Å². The second-order valence-electron chi connectivity index (χ2n) is 4.14. The molecule has 5 heteroatoms. The number of hydrogen-bond donors (Lipinski definition) is 2. The van der Waals surface area contributed by atoms with Crippen LogP contribution in [0.5, 0.6) is 0 Å². The van der Waals surface area contributed by atoms with E-state index in [1.807, 2.05) is 36.5 Å². The highest BCUT2D eigenvalue weighted by Crippen LogP contribution is 2.16. The molecule has 1 heterocycles. The van der Waals surface area contributed by atoms with Crippen LogP contribution in [-0.2, 0) is 11.3 Å². The first-order chi connectivity index (χ1) is 8.66. The first-order valence-corrected chi connectivity index (χ1v) is 5.78. The summed E-state index contributed by atoms with van der Waals surface area (Å²) in [5.41, 5.74) is 7.31. The Morgan fingerprint density at radius 2 is 2.22 bits per heavy atom. The standard InChI is InChI=1S/C13H16N4O/c1-10(14)13(18)16-12-6-3-2-5-11(12)9-17-8-4-7-15-17/h2-8,10H,9,14H2,1H3,(H,16,18). The number of hydrogen-bond acceptors (Lipinski definition) is 3. The number of amides is 1. The van der Waals surface area contributed by atoms with Crippen molar-refractivity contribution in [2.75, 3.05) is 5.32 Å². The van der Waals surface area contributed by atoms with Crippen molar-refractivity contribution in [1.82, 2.24) is 9.78 Å². The molecule has 0 aliphatic heterocycles. The Kier molecular flexibility index (Phi) is 3.74. The molecular weight excluding hydrogens is 228 g/mol. The maximum Gasteiger partial charge on any atom is 0.241 e. The predicted molar refractivity (Wildman–Crippen MR) is 70.1 cm³/mol.